The molecule has 0 bridgehead atoms. The lowest BCUT2D eigenvalue weighted by atomic mass is 10.1. The van der Waals surface area contributed by atoms with Crippen molar-refractivity contribution < 1.29 is 9.59 Å². The highest BCUT2D eigenvalue weighted by Gasteiger charge is 2.08. The molecule has 0 heterocycles. The lowest BCUT2D eigenvalue weighted by Gasteiger charge is -2.15. The van der Waals surface area contributed by atoms with Crippen molar-refractivity contribution in [2.24, 2.45) is 0 Å². The largest absolute Gasteiger partial charge is 0.368 e. The van der Waals surface area contributed by atoms with Gasteiger partial charge in [0, 0.05) is 23.6 Å². The number of nitrogens with one attached hydrogen (secondary N) is 5. The van der Waals surface area contributed by atoms with Gasteiger partial charge in [0.05, 0.1) is 6.67 Å². The van der Waals surface area contributed by atoms with Crippen LogP contribution in [0.25, 0.3) is 0 Å². The molecule has 0 unspecified atom stereocenters. The summed E-state index contributed by atoms with van der Waals surface area (Å²) >= 11 is 0. The molecule has 2 aromatic rings. The van der Waals surface area contributed by atoms with E-state index < -0.39 is 0 Å². The van der Waals surface area contributed by atoms with Crippen LogP contribution in [0.15, 0.2) is 48.5 Å². The standard InChI is InChI=1S/C24H35N5O2/c1-3-4-5-6-7-11-17-25-23(30)29-22-16-12-15-21(19(22)2)26-18-27-24(31)28-20-13-9-8-10-14-20/h8-10,12-16,26H,3-7,11,17-18H2,1-2H3,(H2,25,29,30)(H2,27,28,31). The normalized spacial score (nSPS) is 10.3. The molecule has 0 aliphatic heterocycles. The minimum Gasteiger partial charge on any atom is -0.368 e. The topological polar surface area (TPSA) is 94.3 Å². The van der Waals surface area contributed by atoms with Crippen LogP contribution in [-0.2, 0) is 0 Å². The van der Waals surface area contributed by atoms with Gasteiger partial charge < -0.3 is 26.6 Å². The van der Waals surface area contributed by atoms with E-state index in [9.17, 15) is 9.59 Å². The van der Waals surface area contributed by atoms with Crippen molar-refractivity contribution in [1.82, 2.24) is 10.6 Å². The number of amides is 4. The number of anilines is 3. The number of urea groups is 2. The average molecular weight is 426 g/mol. The summed E-state index contributed by atoms with van der Waals surface area (Å²) in [6.45, 7) is 5.07. The molecule has 0 saturated carbocycles. The van der Waals surface area contributed by atoms with E-state index in [2.05, 4.69) is 33.5 Å². The molecule has 7 heteroatoms. The van der Waals surface area contributed by atoms with Crippen molar-refractivity contribution in [3.8, 4) is 0 Å². The number of hydrogen-bond donors (Lipinski definition) is 5. The van der Waals surface area contributed by atoms with Crippen LogP contribution in [-0.4, -0.2) is 25.3 Å². The summed E-state index contributed by atoms with van der Waals surface area (Å²) in [4.78, 5) is 24.2. The lowest BCUT2D eigenvalue weighted by Crippen LogP contribution is -2.33. The quantitative estimate of drug-likeness (QED) is 0.224. The highest BCUT2D eigenvalue weighted by Crippen LogP contribution is 2.23. The first-order valence-corrected chi connectivity index (χ1v) is 11.1. The molecule has 0 radical (unpaired) electrons. The van der Waals surface area contributed by atoms with E-state index in [1.165, 1.54) is 25.7 Å². The first kappa shape index (κ1) is 24.1. The van der Waals surface area contributed by atoms with E-state index in [0.29, 0.717) is 6.54 Å². The molecule has 5 N–H and O–H groups in total. The molecule has 0 aliphatic rings. The monoisotopic (exact) mass is 425 g/mol. The van der Waals surface area contributed by atoms with Gasteiger partial charge in [-0.2, -0.15) is 0 Å². The van der Waals surface area contributed by atoms with Crippen molar-refractivity contribution in [2.75, 3.05) is 29.2 Å². The zero-order valence-electron chi connectivity index (χ0n) is 18.6. The van der Waals surface area contributed by atoms with Gasteiger partial charge in [0.1, 0.15) is 0 Å². The molecule has 168 valence electrons. The first-order valence-electron chi connectivity index (χ1n) is 11.1. The molecule has 2 aromatic carbocycles. The fourth-order valence-corrected chi connectivity index (χ4v) is 3.15. The number of hydrogen-bond acceptors (Lipinski definition) is 3. The van der Waals surface area contributed by atoms with E-state index in [1.54, 1.807) is 0 Å². The highest BCUT2D eigenvalue weighted by molar-refractivity contribution is 5.91. The Bertz CT molecular complexity index is 811. The highest BCUT2D eigenvalue weighted by atomic mass is 16.2. The SMILES string of the molecule is CCCCCCCCNC(=O)Nc1cccc(NCNC(=O)Nc2ccccc2)c1C. The van der Waals surface area contributed by atoms with Crippen LogP contribution in [0.3, 0.4) is 0 Å². The van der Waals surface area contributed by atoms with Crippen molar-refractivity contribution in [2.45, 2.75) is 52.4 Å². The van der Waals surface area contributed by atoms with Crippen LogP contribution in [0.2, 0.25) is 0 Å². The second kappa shape index (κ2) is 13.9. The van der Waals surface area contributed by atoms with Gasteiger partial charge in [0.25, 0.3) is 0 Å². The van der Waals surface area contributed by atoms with Gasteiger partial charge in [-0.3, -0.25) is 0 Å². The molecule has 7 nitrogen and oxygen atoms in total. The molecule has 2 rings (SSSR count). The molecule has 0 spiro atoms. The molecule has 4 amide bonds. The van der Waals surface area contributed by atoms with Crippen LogP contribution >= 0.6 is 0 Å². The van der Waals surface area contributed by atoms with Crippen LogP contribution in [0.1, 0.15) is 51.0 Å². The van der Waals surface area contributed by atoms with Gasteiger partial charge in [-0.25, -0.2) is 9.59 Å². The maximum atomic E-state index is 12.2. The second-order valence-electron chi connectivity index (χ2n) is 7.48. The van der Waals surface area contributed by atoms with Crippen molar-refractivity contribution in [1.29, 1.82) is 0 Å². The van der Waals surface area contributed by atoms with E-state index in [0.717, 1.165) is 35.5 Å². The Kier molecular flexibility index (Phi) is 10.8. The van der Waals surface area contributed by atoms with Crippen molar-refractivity contribution in [3.05, 3.63) is 54.1 Å². The third kappa shape index (κ3) is 9.42. The van der Waals surface area contributed by atoms with Crippen LogP contribution in [0.4, 0.5) is 26.7 Å². The maximum absolute atomic E-state index is 12.2. The number of para-hydroxylation sites is 1. The minimum atomic E-state index is -0.292. The number of carbonyl (C=O) groups excluding carboxylic acids is 2. The minimum absolute atomic E-state index is 0.200. The number of unbranched alkanes of at least 4 members (excludes halogenated alkanes) is 5. The molecule has 0 fully saturated rings. The van der Waals surface area contributed by atoms with E-state index in [1.807, 2.05) is 55.5 Å². The summed E-state index contributed by atoms with van der Waals surface area (Å²) in [7, 11) is 0. The number of rotatable bonds is 12. The Balaban J connectivity index is 1.71. The summed E-state index contributed by atoms with van der Waals surface area (Å²) in [5.41, 5.74) is 3.21. The molecule has 0 atom stereocenters. The maximum Gasteiger partial charge on any atom is 0.320 e. The lowest BCUT2D eigenvalue weighted by molar-refractivity contribution is 0.251. The molecule has 31 heavy (non-hydrogen) atoms. The van der Waals surface area contributed by atoms with Gasteiger partial charge in [0.15, 0.2) is 0 Å². The zero-order chi connectivity index (χ0) is 22.3. The van der Waals surface area contributed by atoms with Gasteiger partial charge in [-0.15, -0.1) is 0 Å². The Morgan fingerprint density at radius 1 is 0.742 bits per heavy atom. The summed E-state index contributed by atoms with van der Waals surface area (Å²) < 4.78 is 0. The Labute approximate surface area is 185 Å². The molecular formula is C24H35N5O2. The number of carbonyl (C=O) groups is 2. The van der Waals surface area contributed by atoms with Crippen LogP contribution in [0, 0.1) is 6.92 Å². The van der Waals surface area contributed by atoms with E-state index >= 15 is 0 Å². The summed E-state index contributed by atoms with van der Waals surface area (Å²) in [6, 6.07) is 14.4. The smallest absolute Gasteiger partial charge is 0.320 e. The third-order valence-electron chi connectivity index (χ3n) is 4.96. The number of benzene rings is 2. The van der Waals surface area contributed by atoms with Gasteiger partial charge in [0.2, 0.25) is 0 Å². The van der Waals surface area contributed by atoms with Gasteiger partial charge >= 0.3 is 12.1 Å². The van der Waals surface area contributed by atoms with E-state index in [4.69, 9.17) is 0 Å². The molecule has 0 aliphatic carbocycles. The molecule has 0 aromatic heterocycles. The van der Waals surface area contributed by atoms with Crippen LogP contribution in [0.5, 0.6) is 0 Å². The second-order valence-corrected chi connectivity index (χ2v) is 7.48. The predicted molar refractivity (Wildman–Crippen MR) is 129 cm³/mol. The van der Waals surface area contributed by atoms with Crippen molar-refractivity contribution in [3.63, 3.8) is 0 Å². The fourth-order valence-electron chi connectivity index (χ4n) is 3.15. The van der Waals surface area contributed by atoms with E-state index in [-0.39, 0.29) is 18.7 Å². The Morgan fingerprint density at radius 3 is 2.19 bits per heavy atom. The molecular weight excluding hydrogens is 390 g/mol. The third-order valence-corrected chi connectivity index (χ3v) is 4.96. The Morgan fingerprint density at radius 2 is 1.42 bits per heavy atom. The average Bonchev–Trinajstić information content (AvgIpc) is 2.76. The molecule has 0 saturated heterocycles. The summed E-state index contributed by atoms with van der Waals surface area (Å²) in [6.07, 6.45) is 7.15. The summed E-state index contributed by atoms with van der Waals surface area (Å²) in [5, 5.41) is 14.5. The first-order chi connectivity index (χ1) is 15.1. The van der Waals surface area contributed by atoms with Crippen LogP contribution < -0.4 is 26.6 Å². The zero-order valence-corrected chi connectivity index (χ0v) is 18.6. The summed E-state index contributed by atoms with van der Waals surface area (Å²) in [5.74, 6) is 0. The Hall–Kier alpha value is -3.22. The van der Waals surface area contributed by atoms with Gasteiger partial charge in [-0.1, -0.05) is 63.3 Å². The predicted octanol–water partition coefficient (Wildman–Crippen LogP) is 5.67. The van der Waals surface area contributed by atoms with Crippen molar-refractivity contribution >= 4 is 29.1 Å². The fraction of sp³-hybridized carbons (Fsp3) is 0.417. The van der Waals surface area contributed by atoms with Gasteiger partial charge in [-0.05, 0) is 43.2 Å².